The molecular weight excluding hydrogens is 337 g/mol. The lowest BCUT2D eigenvalue weighted by atomic mass is 10.1. The highest BCUT2D eigenvalue weighted by atomic mass is 127. The van der Waals surface area contributed by atoms with E-state index in [2.05, 4.69) is 46.9 Å². The van der Waals surface area contributed by atoms with Crippen LogP contribution in [0.25, 0.3) is 0 Å². The zero-order chi connectivity index (χ0) is 12.8. The predicted octanol–water partition coefficient (Wildman–Crippen LogP) is 3.37. The van der Waals surface area contributed by atoms with Gasteiger partial charge in [0, 0.05) is 0 Å². The highest BCUT2D eigenvalue weighted by molar-refractivity contribution is 14.1. The van der Waals surface area contributed by atoms with Crippen LogP contribution in [0.2, 0.25) is 0 Å². The molecule has 0 saturated carbocycles. The van der Waals surface area contributed by atoms with E-state index in [-0.39, 0.29) is 0 Å². The SMILES string of the molecule is NCCc1ccc(OCc2ccccc2)c(I)c1. The van der Waals surface area contributed by atoms with Gasteiger partial charge < -0.3 is 10.5 Å². The van der Waals surface area contributed by atoms with E-state index in [9.17, 15) is 0 Å². The van der Waals surface area contributed by atoms with E-state index in [1.807, 2.05) is 24.3 Å². The monoisotopic (exact) mass is 353 g/mol. The van der Waals surface area contributed by atoms with E-state index < -0.39 is 0 Å². The third kappa shape index (κ3) is 3.71. The highest BCUT2D eigenvalue weighted by Gasteiger charge is 2.02. The fraction of sp³-hybridized carbons (Fsp3) is 0.200. The molecule has 18 heavy (non-hydrogen) atoms. The topological polar surface area (TPSA) is 35.2 Å². The maximum absolute atomic E-state index is 5.82. The first-order valence-electron chi connectivity index (χ1n) is 5.95. The van der Waals surface area contributed by atoms with Gasteiger partial charge in [-0.2, -0.15) is 0 Å². The molecule has 2 nitrogen and oxygen atoms in total. The second kappa shape index (κ2) is 6.75. The zero-order valence-corrected chi connectivity index (χ0v) is 12.3. The molecule has 0 aliphatic carbocycles. The summed E-state index contributed by atoms with van der Waals surface area (Å²) < 4.78 is 6.95. The fourth-order valence-electron chi connectivity index (χ4n) is 1.72. The lowest BCUT2D eigenvalue weighted by molar-refractivity contribution is 0.304. The first kappa shape index (κ1) is 13.4. The molecule has 0 amide bonds. The first-order valence-corrected chi connectivity index (χ1v) is 7.02. The zero-order valence-electron chi connectivity index (χ0n) is 10.1. The van der Waals surface area contributed by atoms with Gasteiger partial charge in [-0.15, -0.1) is 0 Å². The van der Waals surface area contributed by atoms with Crippen molar-refractivity contribution in [2.45, 2.75) is 13.0 Å². The Morgan fingerprint density at radius 3 is 2.44 bits per heavy atom. The standard InChI is InChI=1S/C15H16INO/c16-14-10-12(8-9-17)6-7-15(14)18-11-13-4-2-1-3-5-13/h1-7,10H,8-9,11,17H2. The lowest BCUT2D eigenvalue weighted by Crippen LogP contribution is -2.03. The Bertz CT molecular complexity index is 499. The molecular formula is C15H16INO. The van der Waals surface area contributed by atoms with Gasteiger partial charge in [0.05, 0.1) is 3.57 Å². The van der Waals surface area contributed by atoms with Gasteiger partial charge in [0.2, 0.25) is 0 Å². The summed E-state index contributed by atoms with van der Waals surface area (Å²) in [6.07, 6.45) is 0.912. The van der Waals surface area contributed by atoms with Gasteiger partial charge in [-0.1, -0.05) is 36.4 Å². The van der Waals surface area contributed by atoms with Crippen molar-refractivity contribution in [1.29, 1.82) is 0 Å². The predicted molar refractivity (Wildman–Crippen MR) is 82.7 cm³/mol. The Morgan fingerprint density at radius 2 is 1.78 bits per heavy atom. The number of hydrogen-bond donors (Lipinski definition) is 1. The van der Waals surface area contributed by atoms with Crippen LogP contribution >= 0.6 is 22.6 Å². The number of ether oxygens (including phenoxy) is 1. The van der Waals surface area contributed by atoms with E-state index in [0.717, 1.165) is 15.7 Å². The van der Waals surface area contributed by atoms with Crippen LogP contribution in [0, 0.1) is 3.57 Å². The normalized spacial score (nSPS) is 10.3. The Kier molecular flexibility index (Phi) is 5.01. The van der Waals surface area contributed by atoms with Crippen molar-refractivity contribution in [2.75, 3.05) is 6.54 Å². The molecule has 0 spiro atoms. The van der Waals surface area contributed by atoms with Crippen LogP contribution in [-0.4, -0.2) is 6.54 Å². The fourth-order valence-corrected chi connectivity index (χ4v) is 2.45. The molecule has 0 aliphatic heterocycles. The average Bonchev–Trinajstić information content (AvgIpc) is 2.39. The van der Waals surface area contributed by atoms with Gasteiger partial charge in [0.1, 0.15) is 12.4 Å². The second-order valence-electron chi connectivity index (χ2n) is 4.08. The van der Waals surface area contributed by atoms with Crippen LogP contribution in [0.15, 0.2) is 48.5 Å². The molecule has 0 fully saturated rings. The van der Waals surface area contributed by atoms with Gasteiger partial charge in [-0.25, -0.2) is 0 Å². The molecule has 2 N–H and O–H groups in total. The van der Waals surface area contributed by atoms with Crippen LogP contribution in [-0.2, 0) is 13.0 Å². The Labute approximate surface area is 121 Å². The summed E-state index contributed by atoms with van der Waals surface area (Å²) in [4.78, 5) is 0. The van der Waals surface area contributed by atoms with Crippen molar-refractivity contribution in [1.82, 2.24) is 0 Å². The molecule has 0 aliphatic rings. The van der Waals surface area contributed by atoms with E-state index in [1.54, 1.807) is 0 Å². The molecule has 0 unspecified atom stereocenters. The number of rotatable bonds is 5. The summed E-state index contributed by atoms with van der Waals surface area (Å²) in [5.41, 5.74) is 7.99. The van der Waals surface area contributed by atoms with Crippen LogP contribution in [0.5, 0.6) is 5.75 Å². The van der Waals surface area contributed by atoms with Crippen LogP contribution in [0.1, 0.15) is 11.1 Å². The van der Waals surface area contributed by atoms with Crippen molar-refractivity contribution >= 4 is 22.6 Å². The number of nitrogens with two attached hydrogens (primary N) is 1. The maximum Gasteiger partial charge on any atom is 0.133 e. The quantitative estimate of drug-likeness (QED) is 0.837. The summed E-state index contributed by atoms with van der Waals surface area (Å²) in [5.74, 6) is 0.931. The van der Waals surface area contributed by atoms with Gasteiger partial charge in [0.25, 0.3) is 0 Å². The van der Waals surface area contributed by atoms with Gasteiger partial charge in [0.15, 0.2) is 0 Å². The van der Waals surface area contributed by atoms with Gasteiger partial charge in [-0.3, -0.25) is 0 Å². The maximum atomic E-state index is 5.82. The summed E-state index contributed by atoms with van der Waals surface area (Å²) in [6, 6.07) is 16.4. The molecule has 0 radical (unpaired) electrons. The van der Waals surface area contributed by atoms with Crippen molar-refractivity contribution in [3.63, 3.8) is 0 Å². The van der Waals surface area contributed by atoms with Crippen LogP contribution in [0.4, 0.5) is 0 Å². The van der Waals surface area contributed by atoms with Crippen molar-refractivity contribution < 1.29 is 4.74 Å². The smallest absolute Gasteiger partial charge is 0.133 e. The largest absolute Gasteiger partial charge is 0.488 e. The molecule has 0 bridgehead atoms. The lowest BCUT2D eigenvalue weighted by Gasteiger charge is -2.09. The van der Waals surface area contributed by atoms with Crippen molar-refractivity contribution in [3.05, 3.63) is 63.2 Å². The highest BCUT2D eigenvalue weighted by Crippen LogP contribution is 2.23. The average molecular weight is 353 g/mol. The molecule has 0 aromatic heterocycles. The summed E-state index contributed by atoms with van der Waals surface area (Å²) in [5, 5.41) is 0. The number of benzene rings is 2. The van der Waals surface area contributed by atoms with Crippen LogP contribution < -0.4 is 10.5 Å². The third-order valence-electron chi connectivity index (χ3n) is 2.67. The first-order chi connectivity index (χ1) is 8.79. The molecule has 0 saturated heterocycles. The van der Waals surface area contributed by atoms with E-state index >= 15 is 0 Å². The molecule has 3 heteroatoms. The van der Waals surface area contributed by atoms with E-state index in [0.29, 0.717) is 13.2 Å². The molecule has 94 valence electrons. The second-order valence-corrected chi connectivity index (χ2v) is 5.24. The molecule has 0 atom stereocenters. The number of halogens is 1. The minimum atomic E-state index is 0.604. The summed E-state index contributed by atoms with van der Waals surface area (Å²) in [6.45, 7) is 1.29. The van der Waals surface area contributed by atoms with Gasteiger partial charge >= 0.3 is 0 Å². The molecule has 0 heterocycles. The summed E-state index contributed by atoms with van der Waals surface area (Å²) >= 11 is 2.30. The third-order valence-corrected chi connectivity index (χ3v) is 3.51. The molecule has 2 aromatic carbocycles. The Hall–Kier alpha value is -1.07. The Morgan fingerprint density at radius 1 is 1.00 bits per heavy atom. The summed E-state index contributed by atoms with van der Waals surface area (Å²) in [7, 11) is 0. The molecule has 2 aromatic rings. The Balaban J connectivity index is 2.01. The minimum absolute atomic E-state index is 0.604. The van der Waals surface area contributed by atoms with E-state index in [1.165, 1.54) is 11.1 Å². The number of hydrogen-bond acceptors (Lipinski definition) is 2. The van der Waals surface area contributed by atoms with Crippen molar-refractivity contribution in [2.24, 2.45) is 5.73 Å². The van der Waals surface area contributed by atoms with Crippen molar-refractivity contribution in [3.8, 4) is 5.75 Å². The van der Waals surface area contributed by atoms with Crippen LogP contribution in [0.3, 0.4) is 0 Å². The van der Waals surface area contributed by atoms with Gasteiger partial charge in [-0.05, 0) is 58.8 Å². The molecule has 2 rings (SSSR count). The minimum Gasteiger partial charge on any atom is -0.488 e. The van der Waals surface area contributed by atoms with E-state index in [4.69, 9.17) is 10.5 Å².